The molecular weight excluding hydrogens is 498 g/mol. The van der Waals surface area contributed by atoms with Crippen molar-refractivity contribution in [2.75, 3.05) is 6.54 Å². The number of carboxylic acids is 4. The van der Waals surface area contributed by atoms with Crippen molar-refractivity contribution in [1.82, 2.24) is 0 Å². The highest BCUT2D eigenvalue weighted by atomic mass is 16.4. The van der Waals surface area contributed by atoms with Gasteiger partial charge < -0.3 is 43.4 Å². The standard InChI is InChI=1S/C25H43N5O8/c1-2-15(9-11-19(28)24(35)36)14-16(10-12-20(29)25(37)38)21(8-5-7-18(27)23(33)34)30-13-4-3-6-17(26)22(31)32/h2,14,17-20H,3-13,26-29H2,1H3,(H,31,32)(H,33,34)(H,35,36)(H,37,38)/b15-2-,16-14-,30-21?/t17-,18-,19-,20-/m0/s1. The molecule has 0 radical (unpaired) electrons. The molecule has 0 saturated heterocycles. The van der Waals surface area contributed by atoms with Gasteiger partial charge in [0.1, 0.15) is 24.2 Å². The number of rotatable bonds is 21. The average Bonchev–Trinajstić information content (AvgIpc) is 2.85. The Bertz CT molecular complexity index is 887. The van der Waals surface area contributed by atoms with Gasteiger partial charge in [0.2, 0.25) is 0 Å². The molecule has 0 aromatic rings. The van der Waals surface area contributed by atoms with Crippen molar-refractivity contribution in [2.24, 2.45) is 27.9 Å². The Morgan fingerprint density at radius 2 is 1.11 bits per heavy atom. The molecule has 0 spiro atoms. The van der Waals surface area contributed by atoms with Crippen LogP contribution >= 0.6 is 0 Å². The third kappa shape index (κ3) is 15.2. The SMILES string of the molecule is C/C=C(\C=C(\CC[C@H](N)C(=O)O)C(CCC[C@H](N)C(=O)O)=NCCCC[C@H](N)C(=O)O)CC[C@H](N)C(=O)O. The number of hydrogen-bond donors (Lipinski definition) is 8. The summed E-state index contributed by atoms with van der Waals surface area (Å²) in [6, 6.07) is -4.14. The number of allylic oxidation sites excluding steroid dienone is 4. The molecule has 0 amide bonds. The lowest BCUT2D eigenvalue weighted by Crippen LogP contribution is -2.30. The van der Waals surface area contributed by atoms with Gasteiger partial charge in [0.15, 0.2) is 0 Å². The Labute approximate surface area is 222 Å². The van der Waals surface area contributed by atoms with Gasteiger partial charge in [-0.2, -0.15) is 0 Å². The summed E-state index contributed by atoms with van der Waals surface area (Å²) in [6.07, 6.45) is 6.93. The second-order valence-corrected chi connectivity index (χ2v) is 9.11. The highest BCUT2D eigenvalue weighted by molar-refractivity contribution is 6.00. The number of carbonyl (C=O) groups is 4. The van der Waals surface area contributed by atoms with Crippen LogP contribution in [0.25, 0.3) is 0 Å². The summed E-state index contributed by atoms with van der Waals surface area (Å²) in [5.41, 5.74) is 24.6. The van der Waals surface area contributed by atoms with Gasteiger partial charge >= 0.3 is 23.9 Å². The zero-order valence-corrected chi connectivity index (χ0v) is 21.9. The normalized spacial score (nSPS) is 16.0. The Balaban J connectivity index is 5.91. The summed E-state index contributed by atoms with van der Waals surface area (Å²) in [6.45, 7) is 2.14. The first-order valence-corrected chi connectivity index (χ1v) is 12.6. The maximum absolute atomic E-state index is 11.3. The van der Waals surface area contributed by atoms with Gasteiger partial charge in [-0.3, -0.25) is 24.2 Å². The summed E-state index contributed by atoms with van der Waals surface area (Å²) < 4.78 is 0. The summed E-state index contributed by atoms with van der Waals surface area (Å²) in [7, 11) is 0. The maximum Gasteiger partial charge on any atom is 0.320 e. The molecule has 0 aliphatic heterocycles. The molecule has 0 aliphatic carbocycles. The molecule has 0 heterocycles. The molecule has 0 unspecified atom stereocenters. The largest absolute Gasteiger partial charge is 0.480 e. The van der Waals surface area contributed by atoms with E-state index in [9.17, 15) is 24.3 Å². The fraction of sp³-hybridized carbons (Fsp3) is 0.640. The minimum Gasteiger partial charge on any atom is -0.480 e. The molecule has 0 aromatic heterocycles. The van der Waals surface area contributed by atoms with Crippen LogP contribution in [0, 0.1) is 0 Å². The van der Waals surface area contributed by atoms with Crippen LogP contribution in [0.15, 0.2) is 28.3 Å². The third-order valence-corrected chi connectivity index (χ3v) is 5.99. The second-order valence-electron chi connectivity index (χ2n) is 9.11. The average molecular weight is 542 g/mol. The number of aliphatic carboxylic acids is 4. The van der Waals surface area contributed by atoms with E-state index in [1.807, 2.05) is 6.08 Å². The van der Waals surface area contributed by atoms with Crippen LogP contribution in [0.2, 0.25) is 0 Å². The molecule has 4 atom stereocenters. The van der Waals surface area contributed by atoms with E-state index < -0.39 is 48.0 Å². The molecule has 216 valence electrons. The molecule has 0 aliphatic rings. The summed E-state index contributed by atoms with van der Waals surface area (Å²) in [5, 5.41) is 36.3. The predicted molar refractivity (Wildman–Crippen MR) is 143 cm³/mol. The van der Waals surface area contributed by atoms with Gasteiger partial charge in [0.05, 0.1) is 0 Å². The number of carboxylic acid groups (broad SMARTS) is 4. The Morgan fingerprint density at radius 1 is 0.658 bits per heavy atom. The van der Waals surface area contributed by atoms with E-state index >= 15 is 0 Å². The lowest BCUT2D eigenvalue weighted by Gasteiger charge is -2.16. The van der Waals surface area contributed by atoms with Crippen LogP contribution < -0.4 is 22.9 Å². The summed E-state index contributed by atoms with van der Waals surface area (Å²) >= 11 is 0. The van der Waals surface area contributed by atoms with Crippen LogP contribution in [0.4, 0.5) is 0 Å². The van der Waals surface area contributed by atoms with Gasteiger partial charge in [0.25, 0.3) is 0 Å². The Kier molecular flexibility index (Phi) is 17.4. The number of aliphatic imine (C=N–C) groups is 1. The molecule has 13 heteroatoms. The second kappa shape index (κ2) is 19.0. The van der Waals surface area contributed by atoms with E-state index in [1.54, 1.807) is 13.0 Å². The number of nitrogens with zero attached hydrogens (tertiary/aromatic N) is 1. The number of hydrogen-bond acceptors (Lipinski definition) is 9. The van der Waals surface area contributed by atoms with Crippen molar-refractivity contribution in [2.45, 2.75) is 95.3 Å². The molecule has 38 heavy (non-hydrogen) atoms. The third-order valence-electron chi connectivity index (χ3n) is 5.99. The van der Waals surface area contributed by atoms with Crippen LogP contribution in [0.5, 0.6) is 0 Å². The van der Waals surface area contributed by atoms with E-state index in [1.165, 1.54) is 0 Å². The van der Waals surface area contributed by atoms with E-state index in [-0.39, 0.29) is 32.1 Å². The van der Waals surface area contributed by atoms with Crippen molar-refractivity contribution in [3.63, 3.8) is 0 Å². The number of nitrogens with two attached hydrogens (primary N) is 4. The fourth-order valence-corrected chi connectivity index (χ4v) is 3.47. The monoisotopic (exact) mass is 541 g/mol. The highest BCUT2D eigenvalue weighted by Gasteiger charge is 2.18. The highest BCUT2D eigenvalue weighted by Crippen LogP contribution is 2.20. The van der Waals surface area contributed by atoms with Crippen LogP contribution in [0.3, 0.4) is 0 Å². The molecule has 12 N–H and O–H groups in total. The van der Waals surface area contributed by atoms with Gasteiger partial charge in [0, 0.05) is 12.3 Å². The van der Waals surface area contributed by atoms with Crippen molar-refractivity contribution in [1.29, 1.82) is 0 Å². The van der Waals surface area contributed by atoms with Crippen molar-refractivity contribution < 1.29 is 39.6 Å². The van der Waals surface area contributed by atoms with Gasteiger partial charge in [-0.15, -0.1) is 0 Å². The zero-order valence-electron chi connectivity index (χ0n) is 21.9. The molecule has 0 fully saturated rings. The van der Waals surface area contributed by atoms with E-state index in [0.29, 0.717) is 49.9 Å². The smallest absolute Gasteiger partial charge is 0.320 e. The fourth-order valence-electron chi connectivity index (χ4n) is 3.47. The van der Waals surface area contributed by atoms with Gasteiger partial charge in [-0.25, -0.2) is 0 Å². The molecule has 13 nitrogen and oxygen atoms in total. The van der Waals surface area contributed by atoms with Crippen LogP contribution in [-0.4, -0.2) is 80.7 Å². The van der Waals surface area contributed by atoms with E-state index in [4.69, 9.17) is 38.3 Å². The van der Waals surface area contributed by atoms with Crippen molar-refractivity contribution in [3.8, 4) is 0 Å². The maximum atomic E-state index is 11.3. The quantitative estimate of drug-likeness (QED) is 0.0570. The lowest BCUT2D eigenvalue weighted by molar-refractivity contribution is -0.139. The van der Waals surface area contributed by atoms with Crippen LogP contribution in [-0.2, 0) is 19.2 Å². The van der Waals surface area contributed by atoms with E-state index in [0.717, 1.165) is 5.57 Å². The molecule has 0 rings (SSSR count). The molecular formula is C25H43N5O8. The Morgan fingerprint density at radius 3 is 1.58 bits per heavy atom. The minimum atomic E-state index is -1.15. The summed E-state index contributed by atoms with van der Waals surface area (Å²) in [4.78, 5) is 49.1. The first-order chi connectivity index (χ1) is 17.8. The first kappa shape index (κ1) is 34.9. The van der Waals surface area contributed by atoms with Crippen LogP contribution in [0.1, 0.15) is 71.1 Å². The van der Waals surface area contributed by atoms with Gasteiger partial charge in [-0.1, -0.05) is 17.7 Å². The Hall–Kier alpha value is -3.13. The first-order valence-electron chi connectivity index (χ1n) is 12.6. The van der Waals surface area contributed by atoms with Crippen molar-refractivity contribution >= 4 is 29.6 Å². The zero-order chi connectivity index (χ0) is 29.3. The number of unbranched alkanes of at least 4 members (excludes halogenated alkanes) is 1. The van der Waals surface area contributed by atoms with Crippen molar-refractivity contribution in [3.05, 3.63) is 23.3 Å². The van der Waals surface area contributed by atoms with Gasteiger partial charge in [-0.05, 0) is 76.7 Å². The molecule has 0 saturated carbocycles. The molecule has 0 aromatic carbocycles. The van der Waals surface area contributed by atoms with E-state index in [2.05, 4.69) is 4.99 Å². The lowest BCUT2D eigenvalue weighted by atomic mass is 9.93. The topological polar surface area (TPSA) is 266 Å². The molecule has 0 bridgehead atoms. The summed E-state index contributed by atoms with van der Waals surface area (Å²) in [5.74, 6) is -4.46. The predicted octanol–water partition coefficient (Wildman–Crippen LogP) is 0.849. The minimum absolute atomic E-state index is 0.119.